The molecule has 0 saturated carbocycles. The van der Waals surface area contributed by atoms with E-state index < -0.39 is 17.7 Å². The lowest BCUT2D eigenvalue weighted by Gasteiger charge is -2.26. The molecule has 1 atom stereocenters. The number of ether oxygens (including phenoxy) is 2. The number of Topliss-reactive ketones (excluding diaryl/α,β-unsaturated/α-hetero) is 1. The third-order valence-corrected chi connectivity index (χ3v) is 6.02. The van der Waals surface area contributed by atoms with Crippen LogP contribution in [0.5, 0.6) is 11.5 Å². The molecular weight excluding hydrogens is 456 g/mol. The van der Waals surface area contributed by atoms with Crippen LogP contribution in [0, 0.1) is 0 Å². The Labute approximate surface area is 211 Å². The number of amides is 1. The Morgan fingerprint density at radius 2 is 1.78 bits per heavy atom. The van der Waals surface area contributed by atoms with Gasteiger partial charge in [0.1, 0.15) is 17.3 Å². The molecular formula is C29H30N2O5. The number of carbonyl (C=O) groups is 2. The summed E-state index contributed by atoms with van der Waals surface area (Å²) in [5, 5.41) is 11.3. The zero-order valence-electron chi connectivity index (χ0n) is 20.5. The number of pyridine rings is 1. The molecule has 0 bridgehead atoms. The van der Waals surface area contributed by atoms with E-state index in [2.05, 4.69) is 11.9 Å². The van der Waals surface area contributed by atoms with Crippen molar-refractivity contribution in [2.75, 3.05) is 13.2 Å². The molecule has 2 heterocycles. The molecule has 186 valence electrons. The Bertz CT molecular complexity index is 1240. The Balaban J connectivity index is 1.79. The molecule has 4 rings (SSSR count). The van der Waals surface area contributed by atoms with Gasteiger partial charge in [0.2, 0.25) is 0 Å². The maximum absolute atomic E-state index is 13.3. The fourth-order valence-corrected chi connectivity index (χ4v) is 4.25. The van der Waals surface area contributed by atoms with Gasteiger partial charge in [0.15, 0.2) is 0 Å². The van der Waals surface area contributed by atoms with Crippen molar-refractivity contribution in [3.63, 3.8) is 0 Å². The molecule has 7 heteroatoms. The van der Waals surface area contributed by atoms with Crippen LogP contribution in [0.3, 0.4) is 0 Å². The molecule has 0 spiro atoms. The van der Waals surface area contributed by atoms with Gasteiger partial charge >= 0.3 is 0 Å². The molecule has 2 aromatic carbocycles. The molecule has 1 fully saturated rings. The molecule has 36 heavy (non-hydrogen) atoms. The number of carbonyl (C=O) groups excluding carboxylic acids is 2. The minimum absolute atomic E-state index is 0.0238. The number of benzene rings is 2. The summed E-state index contributed by atoms with van der Waals surface area (Å²) in [6, 6.07) is 16.9. The number of ketones is 1. The van der Waals surface area contributed by atoms with Gasteiger partial charge in [-0.05, 0) is 55.3 Å². The van der Waals surface area contributed by atoms with Crippen LogP contribution in [0.1, 0.15) is 49.4 Å². The van der Waals surface area contributed by atoms with Crippen molar-refractivity contribution in [3.05, 3.63) is 95.3 Å². The lowest BCUT2D eigenvalue weighted by atomic mass is 9.94. The number of hydrogen-bond donors (Lipinski definition) is 1. The predicted molar refractivity (Wildman–Crippen MR) is 137 cm³/mol. The first kappa shape index (κ1) is 25.0. The van der Waals surface area contributed by atoms with E-state index in [1.165, 1.54) is 4.90 Å². The molecule has 1 N–H and O–H groups in total. The molecule has 1 amide bonds. The topological polar surface area (TPSA) is 89.0 Å². The first-order chi connectivity index (χ1) is 17.5. The standard InChI is InChI=1S/C29H30N2O5/c1-3-5-17-36-22-14-12-21(13-15-22)27(32)25-26(23-10-6-7-11-24(23)35-4-2)31(29(34)28(25)33)19-20-9-8-16-30-18-20/h6-16,18,26,32H,3-5,17,19H2,1-2H3/b27-25+. The summed E-state index contributed by atoms with van der Waals surface area (Å²) in [6.45, 7) is 5.14. The average molecular weight is 487 g/mol. The first-order valence-corrected chi connectivity index (χ1v) is 12.2. The molecule has 3 aromatic rings. The highest BCUT2D eigenvalue weighted by Crippen LogP contribution is 2.43. The van der Waals surface area contributed by atoms with E-state index in [0.717, 1.165) is 18.4 Å². The number of hydrogen-bond acceptors (Lipinski definition) is 6. The van der Waals surface area contributed by atoms with Crippen LogP contribution in [0.2, 0.25) is 0 Å². The van der Waals surface area contributed by atoms with Gasteiger partial charge in [-0.2, -0.15) is 0 Å². The third kappa shape index (κ3) is 5.25. The summed E-state index contributed by atoms with van der Waals surface area (Å²) in [4.78, 5) is 32.2. The molecule has 0 aliphatic carbocycles. The Morgan fingerprint density at radius 3 is 2.47 bits per heavy atom. The number of nitrogens with zero attached hydrogens (tertiary/aromatic N) is 2. The number of unbranched alkanes of at least 4 members (excludes halogenated alkanes) is 1. The number of para-hydroxylation sites is 1. The molecule has 1 aromatic heterocycles. The Hall–Kier alpha value is -4.13. The monoisotopic (exact) mass is 486 g/mol. The highest BCUT2D eigenvalue weighted by molar-refractivity contribution is 6.46. The van der Waals surface area contributed by atoms with Crippen molar-refractivity contribution in [2.24, 2.45) is 0 Å². The van der Waals surface area contributed by atoms with Gasteiger partial charge in [-0.1, -0.05) is 37.6 Å². The van der Waals surface area contributed by atoms with Crippen LogP contribution >= 0.6 is 0 Å². The SMILES string of the molecule is CCCCOc1ccc(/C(O)=C2\C(=O)C(=O)N(Cc3cccnc3)C2c2ccccc2OCC)cc1. The van der Waals surface area contributed by atoms with E-state index >= 15 is 0 Å². The number of aliphatic hydroxyl groups excluding tert-OH is 1. The molecule has 7 nitrogen and oxygen atoms in total. The lowest BCUT2D eigenvalue weighted by Crippen LogP contribution is -2.29. The van der Waals surface area contributed by atoms with E-state index in [1.54, 1.807) is 48.8 Å². The number of aromatic nitrogens is 1. The van der Waals surface area contributed by atoms with Gasteiger partial charge in [0.25, 0.3) is 11.7 Å². The van der Waals surface area contributed by atoms with Crippen molar-refractivity contribution in [3.8, 4) is 11.5 Å². The van der Waals surface area contributed by atoms with Crippen molar-refractivity contribution in [1.29, 1.82) is 0 Å². The van der Waals surface area contributed by atoms with Crippen LogP contribution in [-0.2, 0) is 16.1 Å². The third-order valence-electron chi connectivity index (χ3n) is 6.02. The summed E-state index contributed by atoms with van der Waals surface area (Å²) in [7, 11) is 0. The normalized spacial score (nSPS) is 16.8. The van der Waals surface area contributed by atoms with E-state index in [1.807, 2.05) is 31.2 Å². The minimum atomic E-state index is -0.826. The molecule has 0 radical (unpaired) electrons. The largest absolute Gasteiger partial charge is 0.507 e. The minimum Gasteiger partial charge on any atom is -0.507 e. The molecule has 1 saturated heterocycles. The van der Waals surface area contributed by atoms with Gasteiger partial charge in [0, 0.05) is 30.1 Å². The fraction of sp³-hybridized carbons (Fsp3) is 0.276. The Kier molecular flexibility index (Phi) is 8.00. The van der Waals surface area contributed by atoms with Crippen LogP contribution in [0.25, 0.3) is 5.76 Å². The highest BCUT2D eigenvalue weighted by atomic mass is 16.5. The van der Waals surface area contributed by atoms with Crippen molar-refractivity contribution in [1.82, 2.24) is 9.88 Å². The van der Waals surface area contributed by atoms with Crippen LogP contribution in [-0.4, -0.2) is 39.9 Å². The van der Waals surface area contributed by atoms with Gasteiger partial charge < -0.3 is 19.5 Å². The number of rotatable bonds is 10. The quantitative estimate of drug-likeness (QED) is 0.182. The maximum Gasteiger partial charge on any atom is 0.295 e. The Morgan fingerprint density at radius 1 is 1.00 bits per heavy atom. The maximum atomic E-state index is 13.3. The second-order valence-electron chi connectivity index (χ2n) is 8.49. The zero-order chi connectivity index (χ0) is 25.5. The van der Waals surface area contributed by atoms with Crippen molar-refractivity contribution >= 4 is 17.4 Å². The summed E-state index contributed by atoms with van der Waals surface area (Å²) >= 11 is 0. The summed E-state index contributed by atoms with van der Waals surface area (Å²) < 4.78 is 11.5. The fourth-order valence-electron chi connectivity index (χ4n) is 4.25. The summed E-state index contributed by atoms with van der Waals surface area (Å²) in [5.74, 6) is -0.436. The van der Waals surface area contributed by atoms with Crippen molar-refractivity contribution in [2.45, 2.75) is 39.3 Å². The first-order valence-electron chi connectivity index (χ1n) is 12.2. The van der Waals surface area contributed by atoms with Gasteiger partial charge in [0.05, 0.1) is 24.8 Å². The summed E-state index contributed by atoms with van der Waals surface area (Å²) in [6.07, 6.45) is 5.28. The van der Waals surface area contributed by atoms with Gasteiger partial charge in [-0.3, -0.25) is 14.6 Å². The van der Waals surface area contributed by atoms with Crippen molar-refractivity contribution < 1.29 is 24.2 Å². The molecule has 1 aliphatic rings. The smallest absolute Gasteiger partial charge is 0.295 e. The average Bonchev–Trinajstić information content (AvgIpc) is 3.15. The highest BCUT2D eigenvalue weighted by Gasteiger charge is 2.47. The van der Waals surface area contributed by atoms with Gasteiger partial charge in [-0.25, -0.2) is 0 Å². The van der Waals surface area contributed by atoms with Crippen LogP contribution < -0.4 is 9.47 Å². The second kappa shape index (κ2) is 11.5. The number of aliphatic hydroxyl groups is 1. The molecule has 1 unspecified atom stereocenters. The summed E-state index contributed by atoms with van der Waals surface area (Å²) in [5.41, 5.74) is 1.85. The van der Waals surface area contributed by atoms with E-state index in [9.17, 15) is 14.7 Å². The lowest BCUT2D eigenvalue weighted by molar-refractivity contribution is -0.140. The number of likely N-dealkylation sites (tertiary alicyclic amines) is 1. The van der Waals surface area contributed by atoms with Crippen LogP contribution in [0.4, 0.5) is 0 Å². The van der Waals surface area contributed by atoms with E-state index in [4.69, 9.17) is 9.47 Å². The van der Waals surface area contributed by atoms with Crippen LogP contribution in [0.15, 0.2) is 78.6 Å². The predicted octanol–water partition coefficient (Wildman–Crippen LogP) is 5.28. The van der Waals surface area contributed by atoms with E-state index in [-0.39, 0.29) is 17.9 Å². The second-order valence-corrected chi connectivity index (χ2v) is 8.49. The zero-order valence-corrected chi connectivity index (χ0v) is 20.5. The molecule has 1 aliphatic heterocycles. The van der Waals surface area contributed by atoms with E-state index in [0.29, 0.717) is 35.8 Å². The van der Waals surface area contributed by atoms with Gasteiger partial charge in [-0.15, -0.1) is 0 Å².